The number of nitrogens with one attached hydrogen (secondary N) is 1. The number of hydrogen-bond donors (Lipinski definition) is 2. The molecule has 7 rings (SSSR count). The monoisotopic (exact) mass is 583 g/mol. The number of piperidine rings is 1. The summed E-state index contributed by atoms with van der Waals surface area (Å²) in [6.07, 6.45) is 5.47. The van der Waals surface area contributed by atoms with Crippen molar-refractivity contribution in [1.29, 1.82) is 0 Å². The average Bonchev–Trinajstić information content (AvgIpc) is 3.76. The SMILES string of the molecule is NS(=O)(=O)Oc1ccc2nc(-c3ccc4ccccc4c3)n(-c3ccnc(N[C@H]4CCCN(C(=O)C5CC5)C4)n3)c2c1. The molecule has 11 nitrogen and oxygen atoms in total. The molecule has 2 aromatic heterocycles. The second kappa shape index (κ2) is 10.4. The smallest absolute Gasteiger partial charge is 0.371 e. The summed E-state index contributed by atoms with van der Waals surface area (Å²) >= 11 is 0. The van der Waals surface area contributed by atoms with Crippen molar-refractivity contribution in [3.05, 3.63) is 72.9 Å². The summed E-state index contributed by atoms with van der Waals surface area (Å²) in [6.45, 7) is 1.40. The molecule has 1 aliphatic heterocycles. The summed E-state index contributed by atoms with van der Waals surface area (Å²) in [6, 6.07) is 20.7. The lowest BCUT2D eigenvalue weighted by atomic mass is 10.1. The molecule has 214 valence electrons. The van der Waals surface area contributed by atoms with E-state index in [1.165, 1.54) is 6.07 Å². The van der Waals surface area contributed by atoms with Crippen LogP contribution in [0.2, 0.25) is 0 Å². The maximum Gasteiger partial charge on any atom is 0.380 e. The van der Waals surface area contributed by atoms with Crippen molar-refractivity contribution in [1.82, 2.24) is 24.4 Å². The minimum atomic E-state index is -4.22. The highest BCUT2D eigenvalue weighted by Gasteiger charge is 2.35. The summed E-state index contributed by atoms with van der Waals surface area (Å²) in [5.74, 6) is 2.08. The van der Waals surface area contributed by atoms with Crippen molar-refractivity contribution in [2.45, 2.75) is 31.7 Å². The van der Waals surface area contributed by atoms with E-state index < -0.39 is 10.3 Å². The minimum Gasteiger partial charge on any atom is -0.371 e. The Kier molecular flexibility index (Phi) is 6.51. The highest BCUT2D eigenvalue weighted by molar-refractivity contribution is 7.84. The van der Waals surface area contributed by atoms with Crippen LogP contribution in [0.25, 0.3) is 39.0 Å². The fourth-order valence-electron chi connectivity index (χ4n) is 5.60. The van der Waals surface area contributed by atoms with E-state index in [9.17, 15) is 13.2 Å². The van der Waals surface area contributed by atoms with Crippen molar-refractivity contribution < 1.29 is 17.4 Å². The van der Waals surface area contributed by atoms with Gasteiger partial charge in [0.05, 0.1) is 11.0 Å². The van der Waals surface area contributed by atoms with Crippen LogP contribution >= 0.6 is 0 Å². The number of carbonyl (C=O) groups is 1. The fourth-order valence-corrected chi connectivity index (χ4v) is 5.98. The summed E-state index contributed by atoms with van der Waals surface area (Å²) in [5.41, 5.74) is 2.06. The Morgan fingerprint density at radius 2 is 1.81 bits per heavy atom. The van der Waals surface area contributed by atoms with Crippen LogP contribution in [0, 0.1) is 5.92 Å². The molecule has 2 aliphatic rings. The lowest BCUT2D eigenvalue weighted by Crippen LogP contribution is -2.45. The lowest BCUT2D eigenvalue weighted by molar-refractivity contribution is -0.133. The van der Waals surface area contributed by atoms with E-state index in [1.54, 1.807) is 24.4 Å². The molecule has 3 heterocycles. The van der Waals surface area contributed by atoms with Crippen LogP contribution in [0.15, 0.2) is 72.9 Å². The van der Waals surface area contributed by atoms with E-state index in [0.717, 1.165) is 48.6 Å². The van der Waals surface area contributed by atoms with E-state index in [-0.39, 0.29) is 23.6 Å². The second-order valence-electron chi connectivity index (χ2n) is 10.8. The van der Waals surface area contributed by atoms with Crippen LogP contribution in [0.1, 0.15) is 25.7 Å². The predicted molar refractivity (Wildman–Crippen MR) is 159 cm³/mol. The number of fused-ring (bicyclic) bond motifs is 2. The van der Waals surface area contributed by atoms with Crippen LogP contribution in [-0.2, 0) is 15.1 Å². The molecule has 1 atom stereocenters. The number of amides is 1. The zero-order valence-corrected chi connectivity index (χ0v) is 23.5. The maximum absolute atomic E-state index is 12.7. The van der Waals surface area contributed by atoms with Crippen LogP contribution in [0.4, 0.5) is 5.95 Å². The van der Waals surface area contributed by atoms with Crippen LogP contribution in [0.5, 0.6) is 5.75 Å². The minimum absolute atomic E-state index is 0.0333. The van der Waals surface area contributed by atoms with Gasteiger partial charge in [-0.05, 0) is 60.7 Å². The quantitative estimate of drug-likeness (QED) is 0.292. The number of rotatable bonds is 7. The number of likely N-dealkylation sites (tertiary alicyclic amines) is 1. The molecule has 0 unspecified atom stereocenters. The van der Waals surface area contributed by atoms with Crippen molar-refractivity contribution in [2.24, 2.45) is 11.1 Å². The van der Waals surface area contributed by atoms with Crippen molar-refractivity contribution in [3.63, 3.8) is 0 Å². The number of carbonyl (C=O) groups excluding carboxylic acids is 1. The average molecular weight is 584 g/mol. The van der Waals surface area contributed by atoms with Gasteiger partial charge in [-0.2, -0.15) is 18.5 Å². The lowest BCUT2D eigenvalue weighted by Gasteiger charge is -2.33. The number of imidazole rings is 1. The summed E-state index contributed by atoms with van der Waals surface area (Å²) in [5, 5.41) is 10.7. The first-order valence-corrected chi connectivity index (χ1v) is 15.4. The molecule has 1 saturated heterocycles. The molecule has 3 N–H and O–H groups in total. The van der Waals surface area contributed by atoms with E-state index in [1.807, 2.05) is 45.9 Å². The highest BCUT2D eigenvalue weighted by atomic mass is 32.2. The zero-order valence-electron chi connectivity index (χ0n) is 22.7. The maximum atomic E-state index is 12.7. The highest BCUT2D eigenvalue weighted by Crippen LogP contribution is 2.33. The van der Waals surface area contributed by atoms with Gasteiger partial charge in [0.1, 0.15) is 17.4 Å². The first kappa shape index (κ1) is 26.4. The van der Waals surface area contributed by atoms with E-state index in [4.69, 9.17) is 19.3 Å². The van der Waals surface area contributed by atoms with Crippen molar-refractivity contribution in [3.8, 4) is 23.0 Å². The standard InChI is InChI=1S/C30H29N7O4S/c31-42(39,40)41-24-11-12-25-26(17-24)37(28(34-25)22-10-7-19-4-1-2-5-21(19)16-22)27-13-14-32-30(35-27)33-23-6-3-15-36(18-23)29(38)20-8-9-20/h1-2,4-5,7,10-14,16-17,20,23H,3,6,8-9,15,18H2,(H2,31,39,40)(H,32,33,35)/t23-/m0/s1. The molecule has 1 saturated carbocycles. The Balaban J connectivity index is 1.29. The molecule has 12 heteroatoms. The Morgan fingerprint density at radius 1 is 0.976 bits per heavy atom. The number of benzene rings is 3. The molecule has 1 aliphatic carbocycles. The second-order valence-corrected chi connectivity index (χ2v) is 12.0. The largest absolute Gasteiger partial charge is 0.380 e. The topological polar surface area (TPSA) is 145 Å². The van der Waals surface area contributed by atoms with E-state index in [2.05, 4.69) is 16.4 Å². The Morgan fingerprint density at radius 3 is 2.62 bits per heavy atom. The first-order chi connectivity index (χ1) is 20.3. The molecular formula is C30H29N7O4S. The third-order valence-corrected chi connectivity index (χ3v) is 8.13. The van der Waals surface area contributed by atoms with Gasteiger partial charge in [-0.1, -0.05) is 36.4 Å². The van der Waals surface area contributed by atoms with Gasteiger partial charge in [0.25, 0.3) is 0 Å². The molecule has 0 bridgehead atoms. The predicted octanol–water partition coefficient (Wildman–Crippen LogP) is 4.03. The van der Waals surface area contributed by atoms with Crippen LogP contribution in [0.3, 0.4) is 0 Å². The molecule has 2 fully saturated rings. The summed E-state index contributed by atoms with van der Waals surface area (Å²) in [7, 11) is -4.22. The molecule has 1 amide bonds. The van der Waals surface area contributed by atoms with Gasteiger partial charge in [0.2, 0.25) is 11.9 Å². The van der Waals surface area contributed by atoms with Gasteiger partial charge >= 0.3 is 10.3 Å². The first-order valence-electron chi connectivity index (χ1n) is 13.9. The van der Waals surface area contributed by atoms with Crippen molar-refractivity contribution in [2.75, 3.05) is 18.4 Å². The van der Waals surface area contributed by atoms with Gasteiger partial charge in [-0.3, -0.25) is 9.36 Å². The van der Waals surface area contributed by atoms with Gasteiger partial charge < -0.3 is 14.4 Å². The molecule has 42 heavy (non-hydrogen) atoms. The normalized spacial score (nSPS) is 17.5. The zero-order chi connectivity index (χ0) is 28.8. The third-order valence-electron chi connectivity index (χ3n) is 7.71. The van der Waals surface area contributed by atoms with E-state index in [0.29, 0.717) is 35.2 Å². The van der Waals surface area contributed by atoms with Gasteiger partial charge in [-0.15, -0.1) is 0 Å². The van der Waals surface area contributed by atoms with E-state index >= 15 is 0 Å². The summed E-state index contributed by atoms with van der Waals surface area (Å²) < 4.78 is 30.2. The number of aromatic nitrogens is 4. The molecular weight excluding hydrogens is 554 g/mol. The van der Waals surface area contributed by atoms with Gasteiger partial charge in [-0.25, -0.2) is 9.97 Å². The number of hydrogen-bond acceptors (Lipinski definition) is 8. The number of nitrogens with two attached hydrogens (primary N) is 1. The van der Waals surface area contributed by atoms with Gasteiger partial charge in [0.15, 0.2) is 0 Å². The van der Waals surface area contributed by atoms with Crippen LogP contribution in [-0.4, -0.2) is 57.9 Å². The summed E-state index contributed by atoms with van der Waals surface area (Å²) in [4.78, 5) is 28.8. The fraction of sp³-hybridized carbons (Fsp3) is 0.267. The molecule has 0 spiro atoms. The number of nitrogens with zero attached hydrogens (tertiary/aromatic N) is 5. The Bertz CT molecular complexity index is 1940. The van der Waals surface area contributed by atoms with Gasteiger partial charge in [0, 0.05) is 42.9 Å². The number of anilines is 1. The van der Waals surface area contributed by atoms with Crippen molar-refractivity contribution >= 4 is 44.0 Å². The molecule has 3 aromatic carbocycles. The molecule has 5 aromatic rings. The molecule has 0 radical (unpaired) electrons. The Hall–Kier alpha value is -4.55. The third kappa shape index (κ3) is 5.38. The Labute approximate surface area is 242 Å². The van der Waals surface area contributed by atoms with Crippen LogP contribution < -0.4 is 14.6 Å².